The Balaban J connectivity index is 2.22. The molecule has 0 amide bonds. The Morgan fingerprint density at radius 2 is 2.25 bits per heavy atom. The van der Waals surface area contributed by atoms with Gasteiger partial charge in [0.05, 0.1) is 18.5 Å². The summed E-state index contributed by atoms with van der Waals surface area (Å²) in [5.41, 5.74) is 1.81. The highest BCUT2D eigenvalue weighted by molar-refractivity contribution is 5.74. The van der Waals surface area contributed by atoms with Crippen molar-refractivity contribution in [2.45, 2.75) is 39.2 Å². The number of rotatable bonds is 4. The molecular formula is C11H17N3O2. The first kappa shape index (κ1) is 11.1. The van der Waals surface area contributed by atoms with Crippen LogP contribution in [0.1, 0.15) is 36.7 Å². The standard InChI is InChI=1S/C11H17N3O2/c1-7-8(2)14(13-12-7)10(11(15)16-3)6-9-4-5-9/h9-10H,4-6H2,1-3H3. The van der Waals surface area contributed by atoms with Crippen LogP contribution in [0.15, 0.2) is 0 Å². The van der Waals surface area contributed by atoms with Crippen molar-refractivity contribution in [1.82, 2.24) is 15.0 Å². The lowest BCUT2D eigenvalue weighted by molar-refractivity contribution is -0.145. The number of nitrogens with zero attached hydrogens (tertiary/aromatic N) is 3. The second kappa shape index (κ2) is 4.23. The molecule has 1 unspecified atom stereocenters. The van der Waals surface area contributed by atoms with Gasteiger partial charge >= 0.3 is 5.97 Å². The summed E-state index contributed by atoms with van der Waals surface area (Å²) >= 11 is 0. The van der Waals surface area contributed by atoms with E-state index in [1.807, 2.05) is 13.8 Å². The van der Waals surface area contributed by atoms with E-state index in [2.05, 4.69) is 10.3 Å². The average molecular weight is 223 g/mol. The quantitative estimate of drug-likeness (QED) is 0.724. The van der Waals surface area contributed by atoms with E-state index >= 15 is 0 Å². The minimum atomic E-state index is -0.307. The van der Waals surface area contributed by atoms with Gasteiger partial charge in [-0.25, -0.2) is 9.48 Å². The average Bonchev–Trinajstić information content (AvgIpc) is 3.04. The number of ether oxygens (including phenoxy) is 1. The van der Waals surface area contributed by atoms with Crippen LogP contribution in [0.25, 0.3) is 0 Å². The molecule has 0 saturated heterocycles. The number of carbonyl (C=O) groups is 1. The van der Waals surface area contributed by atoms with E-state index in [4.69, 9.17) is 4.74 Å². The van der Waals surface area contributed by atoms with Crippen LogP contribution < -0.4 is 0 Å². The molecule has 1 saturated carbocycles. The van der Waals surface area contributed by atoms with Crippen molar-refractivity contribution >= 4 is 5.97 Å². The van der Waals surface area contributed by atoms with Crippen molar-refractivity contribution in [3.63, 3.8) is 0 Å². The fourth-order valence-corrected chi connectivity index (χ4v) is 1.82. The smallest absolute Gasteiger partial charge is 0.330 e. The van der Waals surface area contributed by atoms with Gasteiger partial charge in [0.15, 0.2) is 6.04 Å². The third-order valence-electron chi connectivity index (χ3n) is 3.18. The van der Waals surface area contributed by atoms with Gasteiger partial charge in [-0.3, -0.25) is 0 Å². The fourth-order valence-electron chi connectivity index (χ4n) is 1.82. The molecule has 88 valence electrons. The first-order chi connectivity index (χ1) is 7.63. The first-order valence-corrected chi connectivity index (χ1v) is 5.59. The normalized spacial score (nSPS) is 17.2. The van der Waals surface area contributed by atoms with Crippen LogP contribution in [-0.4, -0.2) is 28.1 Å². The van der Waals surface area contributed by atoms with Gasteiger partial charge in [0.2, 0.25) is 0 Å². The maximum Gasteiger partial charge on any atom is 0.330 e. The first-order valence-electron chi connectivity index (χ1n) is 5.59. The van der Waals surface area contributed by atoms with Gasteiger partial charge in [-0.05, 0) is 26.2 Å². The molecule has 1 aromatic rings. The van der Waals surface area contributed by atoms with E-state index in [1.165, 1.54) is 20.0 Å². The highest BCUT2D eigenvalue weighted by Gasteiger charge is 2.32. The number of esters is 1. The predicted molar refractivity (Wildman–Crippen MR) is 57.9 cm³/mol. The highest BCUT2D eigenvalue weighted by Crippen LogP contribution is 2.37. The highest BCUT2D eigenvalue weighted by atomic mass is 16.5. The van der Waals surface area contributed by atoms with Gasteiger partial charge in [-0.2, -0.15) is 0 Å². The second-order valence-electron chi connectivity index (χ2n) is 4.42. The Labute approximate surface area is 94.8 Å². The molecule has 1 heterocycles. The van der Waals surface area contributed by atoms with Crippen molar-refractivity contribution in [2.24, 2.45) is 5.92 Å². The van der Waals surface area contributed by atoms with Gasteiger partial charge in [0.25, 0.3) is 0 Å². The lowest BCUT2D eigenvalue weighted by atomic mass is 10.1. The molecule has 0 aliphatic heterocycles. The Morgan fingerprint density at radius 3 is 2.69 bits per heavy atom. The number of aryl methyl sites for hydroxylation is 1. The molecule has 0 radical (unpaired) electrons. The maximum atomic E-state index is 11.7. The Hall–Kier alpha value is -1.39. The lowest BCUT2D eigenvalue weighted by Crippen LogP contribution is -2.23. The van der Waals surface area contributed by atoms with Crippen LogP contribution in [0.3, 0.4) is 0 Å². The summed E-state index contributed by atoms with van der Waals surface area (Å²) < 4.78 is 6.53. The van der Waals surface area contributed by atoms with E-state index in [0.717, 1.165) is 17.8 Å². The Bertz CT molecular complexity index is 396. The van der Waals surface area contributed by atoms with Gasteiger partial charge in [-0.15, -0.1) is 5.10 Å². The van der Waals surface area contributed by atoms with Crippen molar-refractivity contribution in [1.29, 1.82) is 0 Å². The largest absolute Gasteiger partial charge is 0.467 e. The lowest BCUT2D eigenvalue weighted by Gasteiger charge is -2.15. The molecule has 1 aliphatic carbocycles. The third-order valence-corrected chi connectivity index (χ3v) is 3.18. The van der Waals surface area contributed by atoms with Crippen molar-refractivity contribution in [3.05, 3.63) is 11.4 Å². The molecule has 5 nitrogen and oxygen atoms in total. The molecule has 1 atom stereocenters. The summed E-state index contributed by atoms with van der Waals surface area (Å²) in [7, 11) is 1.42. The molecule has 1 aromatic heterocycles. The second-order valence-corrected chi connectivity index (χ2v) is 4.42. The molecular weight excluding hydrogens is 206 g/mol. The van der Waals surface area contributed by atoms with Gasteiger partial charge in [-0.1, -0.05) is 18.1 Å². The minimum absolute atomic E-state index is 0.222. The zero-order valence-electron chi connectivity index (χ0n) is 9.93. The topological polar surface area (TPSA) is 57.0 Å². The molecule has 1 aliphatic rings. The Kier molecular flexibility index (Phi) is 2.94. The van der Waals surface area contributed by atoms with Crippen LogP contribution in [0, 0.1) is 19.8 Å². The van der Waals surface area contributed by atoms with Crippen LogP contribution in [0.4, 0.5) is 0 Å². The predicted octanol–water partition coefficient (Wildman–Crippen LogP) is 1.41. The number of hydrogen-bond acceptors (Lipinski definition) is 4. The third kappa shape index (κ3) is 2.08. The minimum Gasteiger partial charge on any atom is -0.467 e. The molecule has 0 aromatic carbocycles. The summed E-state index contributed by atoms with van der Waals surface area (Å²) in [6, 6.07) is -0.307. The van der Waals surface area contributed by atoms with Crippen molar-refractivity contribution < 1.29 is 9.53 Å². The zero-order chi connectivity index (χ0) is 11.7. The number of aromatic nitrogens is 3. The number of carbonyl (C=O) groups excluding carboxylic acids is 1. The molecule has 2 rings (SSSR count). The summed E-state index contributed by atoms with van der Waals surface area (Å²) in [5.74, 6) is 0.424. The van der Waals surface area contributed by atoms with E-state index < -0.39 is 0 Å². The van der Waals surface area contributed by atoms with E-state index in [9.17, 15) is 4.79 Å². The van der Waals surface area contributed by atoms with Crippen molar-refractivity contribution in [3.8, 4) is 0 Å². The summed E-state index contributed by atoms with van der Waals surface area (Å²) in [4.78, 5) is 11.7. The van der Waals surface area contributed by atoms with E-state index in [1.54, 1.807) is 4.68 Å². The van der Waals surface area contributed by atoms with Crippen LogP contribution in [0.5, 0.6) is 0 Å². The fraction of sp³-hybridized carbons (Fsp3) is 0.727. The van der Waals surface area contributed by atoms with Gasteiger partial charge in [0, 0.05) is 0 Å². The SMILES string of the molecule is COC(=O)C(CC1CC1)n1nnc(C)c1C. The maximum absolute atomic E-state index is 11.7. The van der Waals surface area contributed by atoms with Crippen LogP contribution in [-0.2, 0) is 9.53 Å². The molecule has 0 bridgehead atoms. The molecule has 1 fully saturated rings. The van der Waals surface area contributed by atoms with Gasteiger partial charge < -0.3 is 4.74 Å². The molecule has 0 spiro atoms. The van der Waals surface area contributed by atoms with E-state index in [0.29, 0.717) is 5.92 Å². The summed E-state index contributed by atoms with van der Waals surface area (Å²) in [6.07, 6.45) is 3.23. The summed E-state index contributed by atoms with van der Waals surface area (Å²) in [6.45, 7) is 3.82. The number of hydrogen-bond donors (Lipinski definition) is 0. The van der Waals surface area contributed by atoms with E-state index in [-0.39, 0.29) is 12.0 Å². The van der Waals surface area contributed by atoms with Crippen LogP contribution >= 0.6 is 0 Å². The van der Waals surface area contributed by atoms with Crippen LogP contribution in [0.2, 0.25) is 0 Å². The van der Waals surface area contributed by atoms with Crippen molar-refractivity contribution in [2.75, 3.05) is 7.11 Å². The molecule has 16 heavy (non-hydrogen) atoms. The monoisotopic (exact) mass is 223 g/mol. The zero-order valence-corrected chi connectivity index (χ0v) is 9.93. The summed E-state index contributed by atoms with van der Waals surface area (Å²) in [5, 5.41) is 8.02. The molecule has 0 N–H and O–H groups in total. The molecule has 5 heteroatoms. The number of methoxy groups -OCH3 is 1. The van der Waals surface area contributed by atoms with Gasteiger partial charge in [0.1, 0.15) is 0 Å². The Morgan fingerprint density at radius 1 is 1.56 bits per heavy atom.